The Morgan fingerprint density at radius 3 is 2.62 bits per heavy atom. The van der Waals surface area contributed by atoms with Crippen molar-refractivity contribution in [3.63, 3.8) is 0 Å². The number of pyridine rings is 1. The fourth-order valence-electron chi connectivity index (χ4n) is 1.42. The molecule has 0 saturated heterocycles. The van der Waals surface area contributed by atoms with E-state index in [0.717, 1.165) is 11.4 Å². The highest BCUT2D eigenvalue weighted by molar-refractivity contribution is 6.32. The maximum atomic E-state index is 6.11. The van der Waals surface area contributed by atoms with Crippen molar-refractivity contribution >= 4 is 23.2 Å². The van der Waals surface area contributed by atoms with E-state index < -0.39 is 0 Å². The van der Waals surface area contributed by atoms with Gasteiger partial charge in [-0.3, -0.25) is 0 Å². The molecule has 2 rings (SSSR count). The van der Waals surface area contributed by atoms with E-state index in [1.807, 2.05) is 13.8 Å². The first-order chi connectivity index (χ1) is 7.61. The second kappa shape index (κ2) is 4.39. The number of hydrogen-bond acceptors (Lipinski definition) is 3. The Morgan fingerprint density at radius 2 is 2.12 bits per heavy atom. The molecule has 0 spiro atoms. The number of aromatic nitrogens is 4. The van der Waals surface area contributed by atoms with Crippen LogP contribution in [-0.4, -0.2) is 19.7 Å². The Kier molecular flexibility index (Phi) is 3.12. The zero-order valence-electron chi connectivity index (χ0n) is 8.91. The first-order valence-electron chi connectivity index (χ1n) is 4.73. The minimum Gasteiger partial charge on any atom is -0.235 e. The van der Waals surface area contributed by atoms with Gasteiger partial charge in [-0.25, -0.2) is 9.97 Å². The van der Waals surface area contributed by atoms with Gasteiger partial charge in [-0.15, -0.1) is 16.7 Å². The van der Waals surface area contributed by atoms with Crippen LogP contribution in [-0.2, 0) is 5.88 Å². The molecule has 2 heterocycles. The average molecular weight is 257 g/mol. The molecule has 6 heteroatoms. The molecule has 0 atom stereocenters. The van der Waals surface area contributed by atoms with Gasteiger partial charge in [0.2, 0.25) is 0 Å². The molecule has 0 fully saturated rings. The standard InChI is InChI=1S/C10H10Cl2N4/c1-6-14-7(2)16(15-6)10-9(12)3-8(4-11)5-13-10/h3,5H,4H2,1-2H3. The highest BCUT2D eigenvalue weighted by Gasteiger charge is 2.10. The fraction of sp³-hybridized carbons (Fsp3) is 0.300. The van der Waals surface area contributed by atoms with Crippen LogP contribution in [0.15, 0.2) is 12.3 Å². The Bertz CT molecular complexity index is 522. The van der Waals surface area contributed by atoms with E-state index >= 15 is 0 Å². The third kappa shape index (κ3) is 2.03. The van der Waals surface area contributed by atoms with E-state index in [9.17, 15) is 0 Å². The van der Waals surface area contributed by atoms with Crippen molar-refractivity contribution in [2.24, 2.45) is 0 Å². The van der Waals surface area contributed by atoms with E-state index in [2.05, 4.69) is 15.1 Å². The lowest BCUT2D eigenvalue weighted by molar-refractivity contribution is 0.802. The van der Waals surface area contributed by atoms with Gasteiger partial charge in [0, 0.05) is 12.1 Å². The number of rotatable bonds is 2. The summed E-state index contributed by atoms with van der Waals surface area (Å²) in [6.07, 6.45) is 1.69. The second-order valence-corrected chi connectivity index (χ2v) is 4.08. The molecule has 2 aromatic heterocycles. The SMILES string of the molecule is Cc1nc(C)n(-c2ncc(CCl)cc2Cl)n1. The van der Waals surface area contributed by atoms with Crippen LogP contribution in [0.1, 0.15) is 17.2 Å². The molecule has 4 nitrogen and oxygen atoms in total. The first kappa shape index (κ1) is 11.4. The number of alkyl halides is 1. The van der Waals surface area contributed by atoms with E-state index in [4.69, 9.17) is 23.2 Å². The number of aryl methyl sites for hydroxylation is 2. The maximum absolute atomic E-state index is 6.11. The quantitative estimate of drug-likeness (QED) is 0.777. The molecule has 0 aliphatic carbocycles. The van der Waals surface area contributed by atoms with Crippen LogP contribution < -0.4 is 0 Å². The largest absolute Gasteiger partial charge is 0.235 e. The van der Waals surface area contributed by atoms with Crippen molar-refractivity contribution < 1.29 is 0 Å². The molecule has 84 valence electrons. The molecule has 0 aliphatic heterocycles. The van der Waals surface area contributed by atoms with Crippen LogP contribution in [0.25, 0.3) is 5.82 Å². The van der Waals surface area contributed by atoms with Gasteiger partial charge < -0.3 is 0 Å². The molecule has 0 unspecified atom stereocenters. The van der Waals surface area contributed by atoms with Crippen LogP contribution >= 0.6 is 23.2 Å². The predicted molar refractivity (Wildman–Crippen MR) is 63.2 cm³/mol. The van der Waals surface area contributed by atoms with Crippen molar-refractivity contribution in [1.29, 1.82) is 0 Å². The Balaban J connectivity index is 2.52. The highest BCUT2D eigenvalue weighted by atomic mass is 35.5. The molecule has 2 aromatic rings. The summed E-state index contributed by atoms with van der Waals surface area (Å²) in [6.45, 7) is 3.68. The first-order valence-corrected chi connectivity index (χ1v) is 5.64. The topological polar surface area (TPSA) is 43.6 Å². The summed E-state index contributed by atoms with van der Waals surface area (Å²) >= 11 is 11.8. The van der Waals surface area contributed by atoms with E-state index in [-0.39, 0.29) is 0 Å². The maximum Gasteiger partial charge on any atom is 0.174 e. The van der Waals surface area contributed by atoms with Gasteiger partial charge in [-0.2, -0.15) is 4.68 Å². The molecular weight excluding hydrogens is 247 g/mol. The summed E-state index contributed by atoms with van der Waals surface area (Å²) in [4.78, 5) is 8.44. The summed E-state index contributed by atoms with van der Waals surface area (Å²) < 4.78 is 1.62. The van der Waals surface area contributed by atoms with Crippen LogP contribution in [0.3, 0.4) is 0 Å². The van der Waals surface area contributed by atoms with Crippen LogP contribution in [0.5, 0.6) is 0 Å². The summed E-state index contributed by atoms with van der Waals surface area (Å²) in [6, 6.07) is 1.79. The lowest BCUT2D eigenvalue weighted by Gasteiger charge is -2.05. The third-order valence-corrected chi connectivity index (χ3v) is 2.69. The van der Waals surface area contributed by atoms with E-state index in [1.165, 1.54) is 0 Å². The number of hydrogen-bond donors (Lipinski definition) is 0. The van der Waals surface area contributed by atoms with Crippen molar-refractivity contribution in [2.45, 2.75) is 19.7 Å². The summed E-state index contributed by atoms with van der Waals surface area (Å²) in [5.74, 6) is 2.42. The highest BCUT2D eigenvalue weighted by Crippen LogP contribution is 2.20. The Morgan fingerprint density at radius 1 is 1.38 bits per heavy atom. The number of halogens is 2. The zero-order chi connectivity index (χ0) is 11.7. The zero-order valence-corrected chi connectivity index (χ0v) is 10.4. The van der Waals surface area contributed by atoms with Gasteiger partial charge in [-0.05, 0) is 25.5 Å². The van der Waals surface area contributed by atoms with Gasteiger partial charge in [-0.1, -0.05) is 11.6 Å². The van der Waals surface area contributed by atoms with Crippen molar-refractivity contribution in [1.82, 2.24) is 19.7 Å². The monoisotopic (exact) mass is 256 g/mol. The molecule has 0 aliphatic rings. The lowest BCUT2D eigenvalue weighted by atomic mass is 10.3. The molecule has 0 amide bonds. The normalized spacial score (nSPS) is 10.8. The lowest BCUT2D eigenvalue weighted by Crippen LogP contribution is -2.03. The molecule has 0 saturated carbocycles. The van der Waals surface area contributed by atoms with E-state index in [0.29, 0.717) is 22.5 Å². The van der Waals surface area contributed by atoms with Crippen LogP contribution in [0.4, 0.5) is 0 Å². The second-order valence-electron chi connectivity index (χ2n) is 3.40. The fourth-order valence-corrected chi connectivity index (χ4v) is 1.84. The number of nitrogens with zero attached hydrogens (tertiary/aromatic N) is 4. The third-order valence-electron chi connectivity index (χ3n) is 2.11. The average Bonchev–Trinajstić information content (AvgIpc) is 2.57. The van der Waals surface area contributed by atoms with Crippen molar-refractivity contribution in [2.75, 3.05) is 0 Å². The smallest absolute Gasteiger partial charge is 0.174 e. The van der Waals surface area contributed by atoms with Gasteiger partial charge in [0.1, 0.15) is 11.6 Å². The summed E-state index contributed by atoms with van der Waals surface area (Å²) in [5, 5.41) is 4.74. The van der Waals surface area contributed by atoms with Crippen molar-refractivity contribution in [3.8, 4) is 5.82 Å². The molecular formula is C10H10Cl2N4. The van der Waals surface area contributed by atoms with E-state index in [1.54, 1.807) is 16.9 Å². The summed E-state index contributed by atoms with van der Waals surface area (Å²) in [7, 11) is 0. The molecule has 0 radical (unpaired) electrons. The molecule has 0 aromatic carbocycles. The summed E-state index contributed by atoms with van der Waals surface area (Å²) in [5.41, 5.74) is 0.880. The van der Waals surface area contributed by atoms with Gasteiger partial charge in [0.15, 0.2) is 5.82 Å². The van der Waals surface area contributed by atoms with Crippen LogP contribution in [0, 0.1) is 13.8 Å². The predicted octanol–water partition coefficient (Wildman–Crippen LogP) is 2.67. The molecule has 0 N–H and O–H groups in total. The van der Waals surface area contributed by atoms with Crippen molar-refractivity contribution in [3.05, 3.63) is 34.5 Å². The van der Waals surface area contributed by atoms with Gasteiger partial charge in [0.25, 0.3) is 0 Å². The minimum absolute atomic E-state index is 0.391. The Hall–Kier alpha value is -1.13. The molecule has 16 heavy (non-hydrogen) atoms. The molecule has 0 bridgehead atoms. The van der Waals surface area contributed by atoms with Gasteiger partial charge >= 0.3 is 0 Å². The van der Waals surface area contributed by atoms with Gasteiger partial charge in [0.05, 0.1) is 5.02 Å². The minimum atomic E-state index is 0.391. The Labute approximate surface area is 103 Å². The van der Waals surface area contributed by atoms with Crippen LogP contribution in [0.2, 0.25) is 5.02 Å².